The molecule has 0 spiro atoms. The van der Waals surface area contributed by atoms with Crippen LogP contribution in [0.3, 0.4) is 0 Å². The predicted octanol–water partition coefficient (Wildman–Crippen LogP) is 0.261. The third kappa shape index (κ3) is 4.95. The second kappa shape index (κ2) is 7.01. The fourth-order valence-electron chi connectivity index (χ4n) is 0.966. The molecule has 2 amide bonds. The number of aromatic nitrogens is 3. The lowest BCUT2D eigenvalue weighted by atomic mass is 10.2. The summed E-state index contributed by atoms with van der Waals surface area (Å²) in [5.41, 5.74) is 0. The summed E-state index contributed by atoms with van der Waals surface area (Å²) in [5, 5.41) is 20.6. The van der Waals surface area contributed by atoms with Crippen LogP contribution < -0.4 is 10.6 Å². The number of amides is 2. The van der Waals surface area contributed by atoms with Gasteiger partial charge in [-0.2, -0.15) is 11.8 Å². The molecule has 3 N–H and O–H groups in total. The zero-order chi connectivity index (χ0) is 12.7. The van der Waals surface area contributed by atoms with Gasteiger partial charge < -0.3 is 10.4 Å². The zero-order valence-corrected chi connectivity index (χ0v) is 10.5. The Morgan fingerprint density at radius 2 is 2.35 bits per heavy atom. The Kier molecular flexibility index (Phi) is 5.63. The highest BCUT2D eigenvalue weighted by Crippen LogP contribution is 2.05. The third-order valence-corrected chi connectivity index (χ3v) is 2.89. The van der Waals surface area contributed by atoms with Crippen LogP contribution in [0.5, 0.6) is 0 Å². The Morgan fingerprint density at radius 3 is 2.88 bits per heavy atom. The van der Waals surface area contributed by atoms with Gasteiger partial charge in [-0.25, -0.2) is 9.59 Å². The minimum atomic E-state index is -1.07. The second-order valence-corrected chi connectivity index (χ2v) is 4.66. The number of hydrogen-bond donors (Lipinski definition) is 3. The molecule has 0 aliphatic carbocycles. The number of carboxylic acid groups (broad SMARTS) is 1. The molecule has 0 aromatic carbocycles. The molecular formula is C7H11N5O3S2. The summed E-state index contributed by atoms with van der Waals surface area (Å²) >= 11 is 2.42. The average Bonchev–Trinajstić information content (AvgIpc) is 2.76. The summed E-state index contributed by atoms with van der Waals surface area (Å²) in [6.45, 7) is 0. The summed E-state index contributed by atoms with van der Waals surface area (Å²) < 4.78 is 3.46. The predicted molar refractivity (Wildman–Crippen MR) is 64.3 cm³/mol. The van der Waals surface area contributed by atoms with Crippen molar-refractivity contribution in [3.05, 3.63) is 0 Å². The van der Waals surface area contributed by atoms with Gasteiger partial charge in [-0.1, -0.05) is 9.59 Å². The molecule has 1 aromatic rings. The van der Waals surface area contributed by atoms with Gasteiger partial charge in [0.15, 0.2) is 0 Å². The molecule has 0 saturated carbocycles. The van der Waals surface area contributed by atoms with E-state index < -0.39 is 18.0 Å². The van der Waals surface area contributed by atoms with E-state index in [2.05, 4.69) is 25.4 Å². The minimum absolute atomic E-state index is 0.219. The van der Waals surface area contributed by atoms with Crippen LogP contribution in [0.1, 0.15) is 6.42 Å². The van der Waals surface area contributed by atoms with Crippen LogP contribution in [0.15, 0.2) is 0 Å². The average molecular weight is 277 g/mol. The Labute approximate surface area is 105 Å². The highest BCUT2D eigenvalue weighted by atomic mass is 32.2. The van der Waals surface area contributed by atoms with E-state index >= 15 is 0 Å². The van der Waals surface area contributed by atoms with Crippen LogP contribution in [-0.4, -0.2) is 50.0 Å². The lowest BCUT2D eigenvalue weighted by Gasteiger charge is -2.13. The molecule has 0 aliphatic rings. The highest BCUT2D eigenvalue weighted by Gasteiger charge is 2.19. The van der Waals surface area contributed by atoms with Crippen LogP contribution in [-0.2, 0) is 4.79 Å². The van der Waals surface area contributed by atoms with Crippen LogP contribution in [0, 0.1) is 0 Å². The van der Waals surface area contributed by atoms with E-state index in [1.165, 1.54) is 11.8 Å². The molecular weight excluding hydrogens is 266 g/mol. The SMILES string of the molecule is CSCCC(NC(=O)Nc1nnns1)C(=O)O. The maximum Gasteiger partial charge on any atom is 0.326 e. The topological polar surface area (TPSA) is 117 Å². The number of carbonyl (C=O) groups is 2. The van der Waals surface area contributed by atoms with Crippen molar-refractivity contribution in [3.63, 3.8) is 0 Å². The van der Waals surface area contributed by atoms with Crippen LogP contribution >= 0.6 is 23.3 Å². The smallest absolute Gasteiger partial charge is 0.326 e. The molecule has 1 unspecified atom stereocenters. The second-order valence-electron chi connectivity index (χ2n) is 2.94. The maximum atomic E-state index is 11.4. The first-order valence-electron chi connectivity index (χ1n) is 4.57. The fourth-order valence-corrected chi connectivity index (χ4v) is 1.80. The zero-order valence-electron chi connectivity index (χ0n) is 8.91. The molecule has 1 atom stereocenters. The van der Waals surface area contributed by atoms with E-state index in [1.807, 2.05) is 6.26 Å². The van der Waals surface area contributed by atoms with Gasteiger partial charge in [0.1, 0.15) is 6.04 Å². The molecule has 1 rings (SSSR count). The van der Waals surface area contributed by atoms with Gasteiger partial charge in [0, 0.05) is 11.5 Å². The van der Waals surface area contributed by atoms with E-state index in [9.17, 15) is 9.59 Å². The molecule has 0 radical (unpaired) electrons. The molecule has 94 valence electrons. The first-order valence-corrected chi connectivity index (χ1v) is 6.74. The fraction of sp³-hybridized carbons (Fsp3) is 0.571. The van der Waals surface area contributed by atoms with Gasteiger partial charge in [0.2, 0.25) is 5.13 Å². The number of nitrogens with zero attached hydrogens (tertiary/aromatic N) is 3. The van der Waals surface area contributed by atoms with Gasteiger partial charge in [-0.15, -0.1) is 0 Å². The molecule has 0 fully saturated rings. The first-order chi connectivity index (χ1) is 8.13. The summed E-state index contributed by atoms with van der Waals surface area (Å²) in [4.78, 5) is 22.3. The van der Waals surface area contributed by atoms with Crippen molar-refractivity contribution in [1.82, 2.24) is 20.1 Å². The minimum Gasteiger partial charge on any atom is -0.480 e. The molecule has 10 heteroatoms. The molecule has 8 nitrogen and oxygen atoms in total. The quantitative estimate of drug-likeness (QED) is 0.682. The maximum absolute atomic E-state index is 11.4. The van der Waals surface area contributed by atoms with Crippen molar-refractivity contribution in [3.8, 4) is 0 Å². The van der Waals surface area contributed by atoms with Crippen LogP contribution in [0.2, 0.25) is 0 Å². The summed E-state index contributed by atoms with van der Waals surface area (Å²) in [5.74, 6) is -0.415. The molecule has 1 aromatic heterocycles. The normalized spacial score (nSPS) is 11.8. The van der Waals surface area contributed by atoms with E-state index in [4.69, 9.17) is 5.11 Å². The van der Waals surface area contributed by atoms with Crippen molar-refractivity contribution >= 4 is 40.4 Å². The molecule has 0 bridgehead atoms. The van der Waals surface area contributed by atoms with Gasteiger partial charge in [-0.3, -0.25) is 5.32 Å². The molecule has 0 saturated heterocycles. The number of carbonyl (C=O) groups excluding carboxylic acids is 1. The Bertz CT molecular complexity index is 372. The van der Waals surface area contributed by atoms with Gasteiger partial charge >= 0.3 is 12.0 Å². The third-order valence-electron chi connectivity index (χ3n) is 1.73. The molecule has 1 heterocycles. The van der Waals surface area contributed by atoms with Gasteiger partial charge in [0.05, 0.1) is 0 Å². The van der Waals surface area contributed by atoms with E-state index in [-0.39, 0.29) is 5.13 Å². The van der Waals surface area contributed by atoms with Crippen molar-refractivity contribution in [1.29, 1.82) is 0 Å². The number of aliphatic carboxylic acids is 1. The van der Waals surface area contributed by atoms with Gasteiger partial charge in [-0.05, 0) is 23.6 Å². The number of hydrogen-bond acceptors (Lipinski definition) is 7. The van der Waals surface area contributed by atoms with Crippen molar-refractivity contribution < 1.29 is 14.7 Å². The highest BCUT2D eigenvalue weighted by molar-refractivity contribution is 7.98. The Morgan fingerprint density at radius 1 is 1.59 bits per heavy atom. The number of carboxylic acids is 1. The Hall–Kier alpha value is -1.42. The van der Waals surface area contributed by atoms with E-state index in [1.54, 1.807) is 0 Å². The summed E-state index contributed by atoms with van der Waals surface area (Å²) in [6.07, 6.45) is 2.23. The van der Waals surface area contributed by atoms with Gasteiger partial charge in [0.25, 0.3) is 0 Å². The molecule has 0 aliphatic heterocycles. The number of urea groups is 1. The standard InChI is InChI=1S/C7H11N5O3S2/c1-16-3-2-4(5(13)14)8-6(15)9-7-10-11-12-17-7/h4H,2-3H2,1H3,(H,13,14)(H2,8,9,10,12,15). The lowest BCUT2D eigenvalue weighted by molar-refractivity contribution is -0.139. The van der Waals surface area contributed by atoms with Crippen molar-refractivity contribution in [2.75, 3.05) is 17.3 Å². The Balaban J connectivity index is 2.43. The van der Waals surface area contributed by atoms with Crippen LogP contribution in [0.25, 0.3) is 0 Å². The first kappa shape index (κ1) is 13.6. The molecule has 17 heavy (non-hydrogen) atoms. The van der Waals surface area contributed by atoms with E-state index in [0.29, 0.717) is 12.2 Å². The number of thioether (sulfide) groups is 1. The van der Waals surface area contributed by atoms with Crippen molar-refractivity contribution in [2.45, 2.75) is 12.5 Å². The van der Waals surface area contributed by atoms with Crippen LogP contribution in [0.4, 0.5) is 9.93 Å². The largest absolute Gasteiger partial charge is 0.480 e. The monoisotopic (exact) mass is 277 g/mol. The van der Waals surface area contributed by atoms with Crippen molar-refractivity contribution in [2.24, 2.45) is 0 Å². The number of rotatable bonds is 6. The summed E-state index contributed by atoms with van der Waals surface area (Å²) in [7, 11) is 0. The summed E-state index contributed by atoms with van der Waals surface area (Å²) in [6, 6.07) is -1.54. The lowest BCUT2D eigenvalue weighted by Crippen LogP contribution is -2.43. The number of nitrogens with one attached hydrogen (secondary N) is 2. The van der Waals surface area contributed by atoms with E-state index in [0.717, 1.165) is 11.5 Å². The number of anilines is 1.